The standard InChI is InChI=1S/C11H16O/c1-7-5-9(3)11(10(4)12)6-8(7)2/h11H,3,5-6H2,1-2,4H3. The van der Waals surface area contributed by atoms with E-state index < -0.39 is 0 Å². The summed E-state index contributed by atoms with van der Waals surface area (Å²) in [6.45, 7) is 9.83. The van der Waals surface area contributed by atoms with Crippen molar-refractivity contribution in [3.8, 4) is 0 Å². The monoisotopic (exact) mass is 164 g/mol. The zero-order valence-electron chi connectivity index (χ0n) is 8.11. The van der Waals surface area contributed by atoms with Crippen LogP contribution in [0.5, 0.6) is 0 Å². The Labute approximate surface area is 74.2 Å². The predicted octanol–water partition coefficient (Wildman–Crippen LogP) is 2.88. The quantitative estimate of drug-likeness (QED) is 0.545. The fourth-order valence-corrected chi connectivity index (χ4v) is 1.67. The van der Waals surface area contributed by atoms with Crippen LogP contribution in [0.25, 0.3) is 0 Å². The Kier molecular flexibility index (Phi) is 2.51. The van der Waals surface area contributed by atoms with Gasteiger partial charge in [-0.1, -0.05) is 23.3 Å². The number of Topliss-reactive ketones (excluding diaryl/α,β-unsaturated/α-hetero) is 1. The lowest BCUT2D eigenvalue weighted by molar-refractivity contribution is -0.119. The van der Waals surface area contributed by atoms with E-state index in [4.69, 9.17) is 0 Å². The first-order chi connectivity index (χ1) is 5.52. The molecule has 0 aromatic carbocycles. The van der Waals surface area contributed by atoms with Crippen LogP contribution in [0.15, 0.2) is 23.3 Å². The van der Waals surface area contributed by atoms with E-state index in [2.05, 4.69) is 20.4 Å². The summed E-state index contributed by atoms with van der Waals surface area (Å²) in [6.07, 6.45) is 1.80. The zero-order valence-corrected chi connectivity index (χ0v) is 8.11. The molecule has 1 rings (SSSR count). The Morgan fingerprint density at radius 1 is 1.42 bits per heavy atom. The van der Waals surface area contributed by atoms with Gasteiger partial charge in [0, 0.05) is 5.92 Å². The van der Waals surface area contributed by atoms with Gasteiger partial charge in [-0.15, -0.1) is 0 Å². The highest BCUT2D eigenvalue weighted by Crippen LogP contribution is 2.32. The van der Waals surface area contributed by atoms with Gasteiger partial charge >= 0.3 is 0 Å². The van der Waals surface area contributed by atoms with Gasteiger partial charge in [-0.05, 0) is 33.6 Å². The lowest BCUT2D eigenvalue weighted by atomic mass is 9.80. The second-order valence-electron chi connectivity index (χ2n) is 3.76. The fourth-order valence-electron chi connectivity index (χ4n) is 1.67. The SMILES string of the molecule is C=C1CC(C)=C(C)CC1C(C)=O. The molecule has 1 heteroatoms. The van der Waals surface area contributed by atoms with Crippen LogP contribution in [0.3, 0.4) is 0 Å². The normalized spacial score (nSPS) is 24.6. The van der Waals surface area contributed by atoms with Crippen LogP contribution < -0.4 is 0 Å². The van der Waals surface area contributed by atoms with Gasteiger partial charge in [0.25, 0.3) is 0 Å². The maximum absolute atomic E-state index is 11.2. The molecule has 0 spiro atoms. The highest BCUT2D eigenvalue weighted by Gasteiger charge is 2.23. The molecule has 0 amide bonds. The molecule has 0 aliphatic heterocycles. The Bertz CT molecular complexity index is 258. The summed E-state index contributed by atoms with van der Waals surface area (Å²) in [6, 6.07) is 0. The molecule has 0 fully saturated rings. The third-order valence-electron chi connectivity index (χ3n) is 2.71. The van der Waals surface area contributed by atoms with E-state index in [-0.39, 0.29) is 11.7 Å². The zero-order chi connectivity index (χ0) is 9.30. The fraction of sp³-hybridized carbons (Fsp3) is 0.545. The summed E-state index contributed by atoms with van der Waals surface area (Å²) in [4.78, 5) is 11.2. The van der Waals surface area contributed by atoms with Gasteiger partial charge < -0.3 is 0 Å². The van der Waals surface area contributed by atoms with Crippen LogP contribution in [0.4, 0.5) is 0 Å². The van der Waals surface area contributed by atoms with Crippen LogP contribution in [-0.2, 0) is 4.79 Å². The molecular formula is C11H16O. The number of carbonyl (C=O) groups is 1. The van der Waals surface area contributed by atoms with Crippen molar-refractivity contribution in [1.29, 1.82) is 0 Å². The van der Waals surface area contributed by atoms with Crippen LogP contribution in [0.1, 0.15) is 33.6 Å². The lowest BCUT2D eigenvalue weighted by Crippen LogP contribution is -2.18. The largest absolute Gasteiger partial charge is 0.299 e. The van der Waals surface area contributed by atoms with Crippen molar-refractivity contribution in [3.05, 3.63) is 23.3 Å². The van der Waals surface area contributed by atoms with Crippen molar-refractivity contribution in [2.45, 2.75) is 33.6 Å². The molecule has 66 valence electrons. The molecule has 1 atom stereocenters. The van der Waals surface area contributed by atoms with Crippen molar-refractivity contribution in [1.82, 2.24) is 0 Å². The molecule has 0 heterocycles. The Morgan fingerprint density at radius 3 is 2.50 bits per heavy atom. The molecule has 1 aliphatic carbocycles. The van der Waals surface area contributed by atoms with Gasteiger partial charge in [-0.3, -0.25) is 4.79 Å². The maximum Gasteiger partial charge on any atom is 0.137 e. The van der Waals surface area contributed by atoms with Gasteiger partial charge in [-0.25, -0.2) is 0 Å². The average Bonchev–Trinajstić information content (AvgIpc) is 1.96. The van der Waals surface area contributed by atoms with Crippen molar-refractivity contribution in [2.75, 3.05) is 0 Å². The number of hydrogen-bond acceptors (Lipinski definition) is 1. The Morgan fingerprint density at radius 2 is 2.00 bits per heavy atom. The summed E-state index contributed by atoms with van der Waals surface area (Å²) in [5, 5.41) is 0. The van der Waals surface area contributed by atoms with Gasteiger partial charge in [0.05, 0.1) is 0 Å². The van der Waals surface area contributed by atoms with Crippen molar-refractivity contribution in [2.24, 2.45) is 5.92 Å². The summed E-state index contributed by atoms with van der Waals surface area (Å²) < 4.78 is 0. The average molecular weight is 164 g/mol. The van der Waals surface area contributed by atoms with Crippen LogP contribution >= 0.6 is 0 Å². The molecule has 12 heavy (non-hydrogen) atoms. The molecule has 1 aliphatic rings. The molecule has 1 nitrogen and oxygen atoms in total. The van der Waals surface area contributed by atoms with Crippen LogP contribution in [0, 0.1) is 5.92 Å². The smallest absolute Gasteiger partial charge is 0.137 e. The van der Waals surface area contributed by atoms with Crippen molar-refractivity contribution < 1.29 is 4.79 Å². The van der Waals surface area contributed by atoms with E-state index in [9.17, 15) is 4.79 Å². The van der Waals surface area contributed by atoms with Gasteiger partial charge in [0.1, 0.15) is 5.78 Å². The van der Waals surface area contributed by atoms with Gasteiger partial charge in [-0.2, -0.15) is 0 Å². The molecule has 0 saturated carbocycles. The number of rotatable bonds is 1. The van der Waals surface area contributed by atoms with E-state index in [1.54, 1.807) is 6.92 Å². The molecule has 1 unspecified atom stereocenters. The minimum Gasteiger partial charge on any atom is -0.299 e. The van der Waals surface area contributed by atoms with Crippen molar-refractivity contribution >= 4 is 5.78 Å². The van der Waals surface area contributed by atoms with E-state index in [0.717, 1.165) is 18.4 Å². The number of carbonyl (C=O) groups excluding carboxylic acids is 1. The Hall–Kier alpha value is -0.850. The molecule has 0 saturated heterocycles. The maximum atomic E-state index is 11.2. The third kappa shape index (κ3) is 1.66. The number of ketones is 1. The summed E-state index contributed by atoms with van der Waals surface area (Å²) in [7, 11) is 0. The first-order valence-corrected chi connectivity index (χ1v) is 4.35. The third-order valence-corrected chi connectivity index (χ3v) is 2.71. The van der Waals surface area contributed by atoms with Crippen LogP contribution in [-0.4, -0.2) is 5.78 Å². The lowest BCUT2D eigenvalue weighted by Gasteiger charge is -2.24. The van der Waals surface area contributed by atoms with E-state index in [1.807, 2.05) is 0 Å². The molecular weight excluding hydrogens is 148 g/mol. The highest BCUT2D eigenvalue weighted by molar-refractivity contribution is 5.82. The van der Waals surface area contributed by atoms with E-state index >= 15 is 0 Å². The van der Waals surface area contributed by atoms with Crippen LogP contribution in [0.2, 0.25) is 0 Å². The van der Waals surface area contributed by atoms with Gasteiger partial charge in [0.15, 0.2) is 0 Å². The second kappa shape index (κ2) is 3.26. The molecule has 0 aromatic heterocycles. The highest BCUT2D eigenvalue weighted by atomic mass is 16.1. The van der Waals surface area contributed by atoms with E-state index in [1.165, 1.54) is 11.1 Å². The molecule has 0 aromatic rings. The minimum absolute atomic E-state index is 0.0914. The van der Waals surface area contributed by atoms with E-state index in [0.29, 0.717) is 0 Å². The summed E-state index contributed by atoms with van der Waals surface area (Å²) in [5.74, 6) is 0.348. The second-order valence-corrected chi connectivity index (χ2v) is 3.76. The molecule has 0 bridgehead atoms. The molecule has 0 N–H and O–H groups in total. The first kappa shape index (κ1) is 9.24. The minimum atomic E-state index is 0.0914. The van der Waals surface area contributed by atoms with Crippen molar-refractivity contribution in [3.63, 3.8) is 0 Å². The predicted molar refractivity (Wildman–Crippen MR) is 50.9 cm³/mol. The summed E-state index contributed by atoms with van der Waals surface area (Å²) >= 11 is 0. The molecule has 0 radical (unpaired) electrons. The number of allylic oxidation sites excluding steroid dienone is 3. The Balaban J connectivity index is 2.86. The topological polar surface area (TPSA) is 17.1 Å². The number of hydrogen-bond donors (Lipinski definition) is 0. The first-order valence-electron chi connectivity index (χ1n) is 4.35. The van der Waals surface area contributed by atoms with Gasteiger partial charge in [0.2, 0.25) is 0 Å². The summed E-state index contributed by atoms with van der Waals surface area (Å²) in [5.41, 5.74) is 3.84.